The van der Waals surface area contributed by atoms with Gasteiger partial charge in [-0.1, -0.05) is 42.1 Å². The summed E-state index contributed by atoms with van der Waals surface area (Å²) < 4.78 is 6.98. The van der Waals surface area contributed by atoms with Crippen LogP contribution in [0.4, 0.5) is 5.69 Å². The normalized spacial score (nSPS) is 10.4. The molecule has 0 bridgehead atoms. The summed E-state index contributed by atoms with van der Waals surface area (Å²) in [4.78, 5) is 24.4. The minimum Gasteiger partial charge on any atom is -0.495 e. The Morgan fingerprint density at radius 1 is 1.07 bits per heavy atom. The predicted octanol–water partition coefficient (Wildman–Crippen LogP) is 2.48. The molecule has 29 heavy (non-hydrogen) atoms. The summed E-state index contributed by atoms with van der Waals surface area (Å²) >= 11 is 1.26. The highest BCUT2D eigenvalue weighted by atomic mass is 32.2. The fourth-order valence-electron chi connectivity index (χ4n) is 2.54. The molecule has 0 saturated carbocycles. The van der Waals surface area contributed by atoms with E-state index in [1.807, 2.05) is 30.3 Å². The van der Waals surface area contributed by atoms with Crippen LogP contribution in [-0.4, -0.2) is 39.4 Å². The molecular formula is C20H21N5O3S. The van der Waals surface area contributed by atoms with Crippen molar-refractivity contribution in [1.29, 1.82) is 0 Å². The van der Waals surface area contributed by atoms with Gasteiger partial charge in [0.25, 0.3) is 5.91 Å². The predicted molar refractivity (Wildman–Crippen MR) is 111 cm³/mol. The number of thioether (sulfide) groups is 1. The molecule has 2 amide bonds. The molecule has 0 spiro atoms. The number of hydrogen-bond donors (Lipinski definition) is 2. The van der Waals surface area contributed by atoms with Crippen LogP contribution in [-0.2, 0) is 18.4 Å². The molecule has 1 heterocycles. The number of methoxy groups -OCH3 is 1. The van der Waals surface area contributed by atoms with Crippen molar-refractivity contribution in [3.05, 3.63) is 66.0 Å². The maximum Gasteiger partial charge on any atom is 0.251 e. The Hall–Kier alpha value is -3.33. The Labute approximate surface area is 172 Å². The van der Waals surface area contributed by atoms with Crippen LogP contribution in [0.5, 0.6) is 5.75 Å². The summed E-state index contributed by atoms with van der Waals surface area (Å²) in [5, 5.41) is 14.4. The number of nitrogens with one attached hydrogen (secondary N) is 2. The Morgan fingerprint density at radius 3 is 2.55 bits per heavy atom. The van der Waals surface area contributed by atoms with Gasteiger partial charge in [-0.15, -0.1) is 10.2 Å². The lowest BCUT2D eigenvalue weighted by Gasteiger charge is -2.09. The lowest BCUT2D eigenvalue weighted by molar-refractivity contribution is -0.113. The molecule has 0 radical (unpaired) electrons. The van der Waals surface area contributed by atoms with Gasteiger partial charge in [-0.2, -0.15) is 0 Å². The Morgan fingerprint density at radius 2 is 1.79 bits per heavy atom. The summed E-state index contributed by atoms with van der Waals surface area (Å²) in [7, 11) is 3.35. The lowest BCUT2D eigenvalue weighted by atomic mass is 10.2. The zero-order valence-corrected chi connectivity index (χ0v) is 16.9. The average Bonchev–Trinajstić information content (AvgIpc) is 3.11. The Bertz CT molecular complexity index is 991. The summed E-state index contributed by atoms with van der Waals surface area (Å²) in [5.41, 5.74) is 1.19. The van der Waals surface area contributed by atoms with Gasteiger partial charge >= 0.3 is 0 Å². The van der Waals surface area contributed by atoms with Gasteiger partial charge in [0.2, 0.25) is 5.91 Å². The second kappa shape index (κ2) is 9.74. The third-order valence-corrected chi connectivity index (χ3v) is 5.10. The summed E-state index contributed by atoms with van der Waals surface area (Å²) in [6.07, 6.45) is 0. The maximum absolute atomic E-state index is 12.2. The van der Waals surface area contributed by atoms with E-state index >= 15 is 0 Å². The molecule has 150 valence electrons. The van der Waals surface area contributed by atoms with E-state index in [1.54, 1.807) is 43.0 Å². The van der Waals surface area contributed by atoms with Crippen molar-refractivity contribution in [1.82, 2.24) is 20.1 Å². The van der Waals surface area contributed by atoms with Crippen LogP contribution in [0.3, 0.4) is 0 Å². The van der Waals surface area contributed by atoms with Gasteiger partial charge in [-0.25, -0.2) is 0 Å². The third-order valence-electron chi connectivity index (χ3n) is 4.08. The van der Waals surface area contributed by atoms with E-state index < -0.39 is 0 Å². The number of aromatic nitrogens is 3. The van der Waals surface area contributed by atoms with Gasteiger partial charge in [0, 0.05) is 12.6 Å². The fourth-order valence-corrected chi connectivity index (χ4v) is 3.27. The minimum absolute atomic E-state index is 0.167. The standard InChI is InChI=1S/C20H21N5O3S/c1-25-17(12-21-19(27)14-8-4-3-5-9-14)23-24-20(25)29-13-18(26)22-15-10-6-7-11-16(15)28-2/h3-11H,12-13H2,1-2H3,(H,21,27)(H,22,26). The van der Waals surface area contributed by atoms with Crippen LogP contribution in [0.15, 0.2) is 59.8 Å². The molecule has 3 aromatic rings. The van der Waals surface area contributed by atoms with Crippen molar-refractivity contribution < 1.29 is 14.3 Å². The number of carbonyl (C=O) groups excluding carboxylic acids is 2. The molecule has 8 nitrogen and oxygen atoms in total. The number of para-hydroxylation sites is 2. The number of benzene rings is 2. The highest BCUT2D eigenvalue weighted by molar-refractivity contribution is 7.99. The number of nitrogens with zero attached hydrogens (tertiary/aromatic N) is 3. The van der Waals surface area contributed by atoms with E-state index in [0.717, 1.165) is 0 Å². The molecule has 2 aromatic carbocycles. The highest BCUT2D eigenvalue weighted by Crippen LogP contribution is 2.23. The van der Waals surface area contributed by atoms with E-state index in [2.05, 4.69) is 20.8 Å². The molecule has 9 heteroatoms. The second-order valence-electron chi connectivity index (χ2n) is 6.04. The lowest BCUT2D eigenvalue weighted by Crippen LogP contribution is -2.24. The van der Waals surface area contributed by atoms with Gasteiger partial charge in [0.05, 0.1) is 25.1 Å². The largest absolute Gasteiger partial charge is 0.495 e. The summed E-state index contributed by atoms with van der Waals surface area (Å²) in [6.45, 7) is 0.241. The first-order valence-electron chi connectivity index (χ1n) is 8.85. The molecule has 0 fully saturated rings. The van der Waals surface area contributed by atoms with Crippen molar-refractivity contribution in [2.24, 2.45) is 7.05 Å². The molecule has 1 aromatic heterocycles. The minimum atomic E-state index is -0.181. The van der Waals surface area contributed by atoms with E-state index in [-0.39, 0.29) is 24.1 Å². The number of amides is 2. The van der Waals surface area contributed by atoms with Gasteiger partial charge in [0.15, 0.2) is 11.0 Å². The monoisotopic (exact) mass is 411 g/mol. The zero-order valence-electron chi connectivity index (χ0n) is 16.1. The van der Waals surface area contributed by atoms with E-state index in [9.17, 15) is 9.59 Å². The molecular weight excluding hydrogens is 390 g/mol. The number of carbonyl (C=O) groups is 2. The molecule has 0 aliphatic carbocycles. The maximum atomic E-state index is 12.2. The van der Waals surface area contributed by atoms with Crippen molar-refractivity contribution in [3.63, 3.8) is 0 Å². The van der Waals surface area contributed by atoms with Crippen molar-refractivity contribution in [2.75, 3.05) is 18.2 Å². The van der Waals surface area contributed by atoms with Gasteiger partial charge in [0.1, 0.15) is 5.75 Å². The molecule has 0 unspecified atom stereocenters. The zero-order chi connectivity index (χ0) is 20.6. The number of rotatable bonds is 8. The third kappa shape index (κ3) is 5.35. The average molecular weight is 411 g/mol. The second-order valence-corrected chi connectivity index (χ2v) is 6.99. The molecule has 0 atom stereocenters. The van der Waals surface area contributed by atoms with Crippen LogP contribution >= 0.6 is 11.8 Å². The van der Waals surface area contributed by atoms with Crippen LogP contribution < -0.4 is 15.4 Å². The molecule has 2 N–H and O–H groups in total. The van der Waals surface area contributed by atoms with Crippen LogP contribution in [0.25, 0.3) is 0 Å². The quantitative estimate of drug-likeness (QED) is 0.553. The Kier molecular flexibility index (Phi) is 6.85. The first-order valence-corrected chi connectivity index (χ1v) is 9.84. The highest BCUT2D eigenvalue weighted by Gasteiger charge is 2.14. The summed E-state index contributed by atoms with van der Waals surface area (Å²) in [6, 6.07) is 16.2. The van der Waals surface area contributed by atoms with Crippen molar-refractivity contribution in [2.45, 2.75) is 11.7 Å². The SMILES string of the molecule is COc1ccccc1NC(=O)CSc1nnc(CNC(=O)c2ccccc2)n1C. The van der Waals surface area contributed by atoms with Gasteiger partial charge in [-0.05, 0) is 24.3 Å². The Balaban J connectivity index is 1.53. The first kappa shape index (κ1) is 20.4. The molecule has 0 saturated heterocycles. The van der Waals surface area contributed by atoms with Crippen molar-refractivity contribution >= 4 is 29.3 Å². The van der Waals surface area contributed by atoms with Crippen LogP contribution in [0.1, 0.15) is 16.2 Å². The van der Waals surface area contributed by atoms with E-state index in [4.69, 9.17) is 4.74 Å². The van der Waals surface area contributed by atoms with Crippen LogP contribution in [0.2, 0.25) is 0 Å². The molecule has 0 aliphatic rings. The summed E-state index contributed by atoms with van der Waals surface area (Å²) in [5.74, 6) is 1.00. The first-order chi connectivity index (χ1) is 14.1. The number of ether oxygens (including phenoxy) is 1. The van der Waals surface area contributed by atoms with E-state index in [0.29, 0.717) is 28.0 Å². The van der Waals surface area contributed by atoms with Crippen LogP contribution in [0, 0.1) is 0 Å². The molecule has 0 aliphatic heterocycles. The van der Waals surface area contributed by atoms with Gasteiger partial charge < -0.3 is 19.9 Å². The van der Waals surface area contributed by atoms with Gasteiger partial charge in [-0.3, -0.25) is 9.59 Å². The topological polar surface area (TPSA) is 98.1 Å². The smallest absolute Gasteiger partial charge is 0.251 e. The van der Waals surface area contributed by atoms with Crippen molar-refractivity contribution in [3.8, 4) is 5.75 Å². The number of hydrogen-bond acceptors (Lipinski definition) is 6. The number of anilines is 1. The molecule has 3 rings (SSSR count). The van der Waals surface area contributed by atoms with E-state index in [1.165, 1.54) is 11.8 Å². The fraction of sp³-hybridized carbons (Fsp3) is 0.200.